The van der Waals surface area contributed by atoms with Gasteiger partial charge >= 0.3 is 10.1 Å². The third-order valence-electron chi connectivity index (χ3n) is 4.57. The van der Waals surface area contributed by atoms with Crippen LogP contribution in [0.1, 0.15) is 12.5 Å². The topological polar surface area (TPSA) is 115 Å². The summed E-state index contributed by atoms with van der Waals surface area (Å²) in [6, 6.07) is 19.3. The second-order valence-corrected chi connectivity index (χ2v) is 9.78. The number of nitrogens with one attached hydrogen (secondary N) is 1. The highest BCUT2D eigenvalue weighted by Gasteiger charge is 2.20. The lowest BCUT2D eigenvalue weighted by Crippen LogP contribution is -2.13. The van der Waals surface area contributed by atoms with Crippen LogP contribution in [-0.2, 0) is 14.9 Å². The van der Waals surface area contributed by atoms with E-state index < -0.39 is 16.0 Å². The molecule has 0 heterocycles. The molecule has 0 spiro atoms. The maximum atomic E-state index is 12.7. The zero-order chi connectivity index (χ0) is 25.4. The van der Waals surface area contributed by atoms with E-state index in [0.717, 1.165) is 3.57 Å². The summed E-state index contributed by atoms with van der Waals surface area (Å²) in [4.78, 5) is 12.5. The average Bonchev–Trinajstić information content (AvgIpc) is 2.84. The van der Waals surface area contributed by atoms with Crippen LogP contribution in [0.3, 0.4) is 0 Å². The molecule has 0 aliphatic rings. The lowest BCUT2D eigenvalue weighted by atomic mass is 10.1. The molecule has 35 heavy (non-hydrogen) atoms. The molecular weight excluding hydrogens is 583 g/mol. The second-order valence-electron chi connectivity index (χ2n) is 6.99. The normalized spacial score (nSPS) is 11.3. The van der Waals surface area contributed by atoms with Crippen LogP contribution in [-0.4, -0.2) is 28.0 Å². The molecule has 3 aromatic carbocycles. The molecule has 10 heteroatoms. The van der Waals surface area contributed by atoms with E-state index in [9.17, 15) is 18.5 Å². The maximum Gasteiger partial charge on any atom is 0.339 e. The predicted octanol–water partition coefficient (Wildman–Crippen LogP) is 5.01. The van der Waals surface area contributed by atoms with Crippen LogP contribution < -0.4 is 19.0 Å². The number of benzene rings is 3. The second kappa shape index (κ2) is 11.7. The summed E-state index contributed by atoms with van der Waals surface area (Å²) in [7, 11) is -2.66. The van der Waals surface area contributed by atoms with E-state index >= 15 is 0 Å². The molecule has 0 aromatic heterocycles. The number of amides is 1. The van der Waals surface area contributed by atoms with Gasteiger partial charge in [-0.15, -0.1) is 0 Å². The summed E-state index contributed by atoms with van der Waals surface area (Å²) < 4.78 is 42.3. The fraction of sp³-hybridized carbons (Fsp3) is 0.120. The van der Waals surface area contributed by atoms with Crippen molar-refractivity contribution < 1.29 is 26.9 Å². The number of rotatable bonds is 9. The van der Waals surface area contributed by atoms with Gasteiger partial charge < -0.3 is 19.0 Å². The first kappa shape index (κ1) is 26.1. The van der Waals surface area contributed by atoms with Crippen molar-refractivity contribution in [3.05, 3.63) is 81.4 Å². The van der Waals surface area contributed by atoms with Crippen LogP contribution in [0, 0.1) is 14.9 Å². The first-order chi connectivity index (χ1) is 16.7. The molecule has 0 aliphatic heterocycles. The molecule has 3 rings (SSSR count). The minimum atomic E-state index is -4.14. The van der Waals surface area contributed by atoms with Crippen LogP contribution in [0.4, 0.5) is 5.69 Å². The Hall–Kier alpha value is -3.56. The molecule has 0 radical (unpaired) electrons. The van der Waals surface area contributed by atoms with E-state index in [4.69, 9.17) is 13.7 Å². The van der Waals surface area contributed by atoms with Gasteiger partial charge in [0.15, 0.2) is 11.5 Å². The minimum absolute atomic E-state index is 0.0263. The van der Waals surface area contributed by atoms with Gasteiger partial charge in [-0.05, 0) is 95.8 Å². The zero-order valence-corrected chi connectivity index (χ0v) is 21.8. The maximum absolute atomic E-state index is 12.7. The highest BCUT2D eigenvalue weighted by molar-refractivity contribution is 14.1. The molecule has 8 nitrogen and oxygen atoms in total. The van der Waals surface area contributed by atoms with E-state index in [1.54, 1.807) is 25.1 Å². The summed E-state index contributed by atoms with van der Waals surface area (Å²) in [5.41, 5.74) is 0.883. The van der Waals surface area contributed by atoms with Gasteiger partial charge in [0, 0.05) is 9.26 Å². The number of halogens is 1. The van der Waals surface area contributed by atoms with Gasteiger partial charge in [-0.3, -0.25) is 4.79 Å². The summed E-state index contributed by atoms with van der Waals surface area (Å²) in [6.45, 7) is 1.98. The van der Waals surface area contributed by atoms with Gasteiger partial charge in [0.1, 0.15) is 22.3 Å². The van der Waals surface area contributed by atoms with Crippen molar-refractivity contribution in [2.24, 2.45) is 0 Å². The van der Waals surface area contributed by atoms with Crippen molar-refractivity contribution in [2.45, 2.75) is 11.8 Å². The van der Waals surface area contributed by atoms with Crippen molar-refractivity contribution in [2.75, 3.05) is 19.0 Å². The predicted molar refractivity (Wildman–Crippen MR) is 140 cm³/mol. The van der Waals surface area contributed by atoms with E-state index in [1.807, 2.05) is 12.1 Å². The SMILES string of the molecule is CCOc1cc(/C=C(\C#N)C(=O)Nc2cccc(I)c2)ccc1OS(=O)(=O)c1ccc(OC)cc1. The summed E-state index contributed by atoms with van der Waals surface area (Å²) >= 11 is 2.12. The highest BCUT2D eigenvalue weighted by Crippen LogP contribution is 2.32. The number of hydrogen-bond acceptors (Lipinski definition) is 7. The van der Waals surface area contributed by atoms with Crippen molar-refractivity contribution in [1.82, 2.24) is 0 Å². The van der Waals surface area contributed by atoms with Crippen molar-refractivity contribution in [1.29, 1.82) is 5.26 Å². The smallest absolute Gasteiger partial charge is 0.339 e. The molecule has 180 valence electrons. The molecule has 0 bridgehead atoms. The first-order valence-corrected chi connectivity index (χ1v) is 12.8. The number of nitriles is 1. The number of nitrogens with zero attached hydrogens (tertiary/aromatic N) is 1. The molecule has 0 saturated heterocycles. The third kappa shape index (κ3) is 6.97. The van der Waals surface area contributed by atoms with Crippen molar-refractivity contribution in [3.63, 3.8) is 0 Å². The van der Waals surface area contributed by atoms with Gasteiger partial charge in [-0.25, -0.2) is 0 Å². The summed E-state index contributed by atoms with van der Waals surface area (Å²) in [5, 5.41) is 12.2. The summed E-state index contributed by atoms with van der Waals surface area (Å²) in [5.74, 6) is 0.0552. The highest BCUT2D eigenvalue weighted by atomic mass is 127. The number of carbonyl (C=O) groups is 1. The minimum Gasteiger partial charge on any atom is -0.497 e. The molecule has 0 unspecified atom stereocenters. The Bertz CT molecular complexity index is 1400. The Balaban J connectivity index is 1.86. The fourth-order valence-electron chi connectivity index (χ4n) is 2.94. The Morgan fingerprint density at radius 1 is 1.09 bits per heavy atom. The quantitative estimate of drug-likeness (QED) is 0.158. The zero-order valence-electron chi connectivity index (χ0n) is 18.8. The van der Waals surface area contributed by atoms with Gasteiger partial charge in [-0.2, -0.15) is 13.7 Å². The van der Waals surface area contributed by atoms with E-state index in [2.05, 4.69) is 27.9 Å². The number of carbonyl (C=O) groups excluding carboxylic acids is 1. The average molecular weight is 604 g/mol. The van der Waals surface area contributed by atoms with Gasteiger partial charge in [-0.1, -0.05) is 12.1 Å². The number of hydrogen-bond donors (Lipinski definition) is 1. The van der Waals surface area contributed by atoms with Gasteiger partial charge in [0.2, 0.25) is 0 Å². The molecular formula is C25H21IN2O6S. The Morgan fingerprint density at radius 3 is 2.46 bits per heavy atom. The monoisotopic (exact) mass is 604 g/mol. The first-order valence-electron chi connectivity index (χ1n) is 10.3. The molecule has 1 amide bonds. The molecule has 0 saturated carbocycles. The molecule has 1 N–H and O–H groups in total. The Labute approximate surface area is 217 Å². The van der Waals surface area contributed by atoms with E-state index in [1.165, 1.54) is 55.7 Å². The Morgan fingerprint density at radius 2 is 1.83 bits per heavy atom. The number of ether oxygens (including phenoxy) is 2. The lowest BCUT2D eigenvalue weighted by molar-refractivity contribution is -0.112. The fourth-order valence-corrected chi connectivity index (χ4v) is 4.42. The molecule has 3 aromatic rings. The van der Waals surface area contributed by atoms with Crippen molar-refractivity contribution in [3.8, 4) is 23.3 Å². The molecule has 0 atom stereocenters. The van der Waals surface area contributed by atoms with Crippen LogP contribution >= 0.6 is 22.6 Å². The number of methoxy groups -OCH3 is 1. The van der Waals surface area contributed by atoms with Crippen LogP contribution in [0.15, 0.2) is 77.2 Å². The Kier molecular flexibility index (Phi) is 8.73. The third-order valence-corrected chi connectivity index (χ3v) is 6.49. The molecule has 0 aliphatic carbocycles. The lowest BCUT2D eigenvalue weighted by Gasteiger charge is -2.13. The van der Waals surface area contributed by atoms with Crippen molar-refractivity contribution >= 4 is 50.4 Å². The largest absolute Gasteiger partial charge is 0.497 e. The summed E-state index contributed by atoms with van der Waals surface area (Å²) in [6.07, 6.45) is 1.38. The van der Waals surface area contributed by atoms with Gasteiger partial charge in [0.05, 0.1) is 13.7 Å². The molecule has 0 fully saturated rings. The van der Waals surface area contributed by atoms with E-state index in [0.29, 0.717) is 17.0 Å². The van der Waals surface area contributed by atoms with Crippen LogP contribution in [0.5, 0.6) is 17.2 Å². The number of anilines is 1. The van der Waals surface area contributed by atoms with Crippen LogP contribution in [0.25, 0.3) is 6.08 Å². The standard InChI is InChI=1S/C25H21IN2O6S/c1-3-33-24-14-17(13-18(16-27)25(29)28-20-6-4-5-19(26)15-20)7-12-23(24)34-35(30,31)22-10-8-21(32-2)9-11-22/h4-15H,3H2,1-2H3,(H,28,29)/b18-13+. The van der Waals surface area contributed by atoms with Crippen LogP contribution in [0.2, 0.25) is 0 Å². The van der Waals surface area contributed by atoms with E-state index in [-0.39, 0.29) is 28.6 Å². The van der Waals surface area contributed by atoms with Gasteiger partial charge in [0.25, 0.3) is 5.91 Å².